The van der Waals surface area contributed by atoms with Gasteiger partial charge in [-0.3, -0.25) is 9.98 Å². The third-order valence-corrected chi connectivity index (χ3v) is 4.43. The van der Waals surface area contributed by atoms with Crippen LogP contribution in [0, 0.1) is 0 Å². The van der Waals surface area contributed by atoms with E-state index >= 15 is 0 Å². The Morgan fingerprint density at radius 2 is 1.00 bits per heavy atom. The van der Waals surface area contributed by atoms with Gasteiger partial charge in [0.2, 0.25) is 0 Å². The molecule has 0 bridgehead atoms. The summed E-state index contributed by atoms with van der Waals surface area (Å²) < 4.78 is 0. The van der Waals surface area contributed by atoms with Crippen molar-refractivity contribution < 1.29 is 11.3 Å². The summed E-state index contributed by atoms with van der Waals surface area (Å²) in [6.07, 6.45) is 13.4. The van der Waals surface area contributed by atoms with Gasteiger partial charge in [0, 0.05) is 0 Å². The summed E-state index contributed by atoms with van der Waals surface area (Å²) in [7, 11) is 0. The van der Waals surface area contributed by atoms with Crippen molar-refractivity contribution in [1.29, 1.82) is 0 Å². The molecule has 0 N–H and O–H groups in total. The van der Waals surface area contributed by atoms with Crippen LogP contribution in [-0.2, 0) is 11.3 Å². The average Bonchev–Trinajstić information content (AvgIpc) is 2.50. The van der Waals surface area contributed by atoms with Crippen LogP contribution in [0.4, 0.5) is 0 Å². The molecule has 0 aliphatic heterocycles. The molecular weight excluding hydrogens is 436 g/mol. The van der Waals surface area contributed by atoms with Gasteiger partial charge in [-0.25, -0.2) is 0 Å². The summed E-state index contributed by atoms with van der Waals surface area (Å²) in [5.41, 5.74) is 2.37. The van der Waals surface area contributed by atoms with E-state index in [1.807, 2.05) is 0 Å². The van der Waals surface area contributed by atoms with Gasteiger partial charge in [-0.2, -0.15) is 0 Å². The predicted octanol–water partition coefficient (Wildman–Crippen LogP) is 6.26. The SMILES string of the molecule is CC(=NC1CCCCC1)C(C)=NC1CCCCC1.[Br][Fe][Br]. The van der Waals surface area contributed by atoms with E-state index in [1.165, 1.54) is 75.6 Å². The zero-order valence-electron chi connectivity index (χ0n) is 13.2. The minimum absolute atomic E-state index is 0.579. The first-order chi connectivity index (χ1) is 10.2. The van der Waals surface area contributed by atoms with Crippen LogP contribution in [0.5, 0.6) is 0 Å². The molecule has 0 aromatic rings. The van der Waals surface area contributed by atoms with Crippen molar-refractivity contribution in [3.05, 3.63) is 0 Å². The Morgan fingerprint density at radius 3 is 1.29 bits per heavy atom. The van der Waals surface area contributed by atoms with Gasteiger partial charge in [-0.05, 0) is 39.5 Å². The maximum atomic E-state index is 4.89. The average molecular weight is 464 g/mol. The van der Waals surface area contributed by atoms with Crippen LogP contribution in [0.2, 0.25) is 0 Å². The van der Waals surface area contributed by atoms with E-state index < -0.39 is 0 Å². The summed E-state index contributed by atoms with van der Waals surface area (Å²) in [6, 6.07) is 1.16. The molecule has 5 heteroatoms. The summed E-state index contributed by atoms with van der Waals surface area (Å²) in [5.74, 6) is 0. The van der Waals surface area contributed by atoms with Crippen LogP contribution in [0.25, 0.3) is 0 Å². The molecule has 0 atom stereocenters. The number of nitrogens with zero attached hydrogens (tertiary/aromatic N) is 2. The fourth-order valence-electron chi connectivity index (χ4n) is 3.15. The Labute approximate surface area is 150 Å². The molecule has 0 aromatic heterocycles. The second-order valence-electron chi connectivity index (χ2n) is 6.06. The standard InChI is InChI=1S/C16H28N2.2BrH.Fe/c1-13(17-15-9-5-3-6-10-15)14(2)18-16-11-7-4-8-12-16;;;/h15-16H,3-12H2,1-2H3;2*1H;/q;;;+2/p-2. The number of hydrogen-bond donors (Lipinski definition) is 0. The molecule has 2 nitrogen and oxygen atoms in total. The van der Waals surface area contributed by atoms with Gasteiger partial charge in [0.25, 0.3) is 0 Å². The molecule has 0 amide bonds. The minimum atomic E-state index is 0.579. The van der Waals surface area contributed by atoms with E-state index in [9.17, 15) is 0 Å². The zero-order valence-corrected chi connectivity index (χ0v) is 17.5. The van der Waals surface area contributed by atoms with Crippen LogP contribution in [0.3, 0.4) is 0 Å². The zero-order chi connectivity index (χ0) is 15.5. The van der Waals surface area contributed by atoms with Gasteiger partial charge >= 0.3 is 39.6 Å². The van der Waals surface area contributed by atoms with Crippen molar-refractivity contribution in [2.24, 2.45) is 9.98 Å². The van der Waals surface area contributed by atoms with Gasteiger partial charge in [0.1, 0.15) is 0 Å². The second kappa shape index (κ2) is 12.3. The predicted molar refractivity (Wildman–Crippen MR) is 97.8 cm³/mol. The third kappa shape index (κ3) is 8.88. The summed E-state index contributed by atoms with van der Waals surface area (Å²) in [6.45, 7) is 4.30. The normalized spacial score (nSPS) is 22.9. The van der Waals surface area contributed by atoms with Gasteiger partial charge < -0.3 is 0 Å². The molecule has 124 valence electrons. The second-order valence-corrected chi connectivity index (χ2v) is 11.6. The molecular formula is C16H28Br2FeN2. The first kappa shape index (κ1) is 19.9. The van der Waals surface area contributed by atoms with E-state index in [0.29, 0.717) is 12.1 Å². The van der Waals surface area contributed by atoms with E-state index in [4.69, 9.17) is 9.98 Å². The Hall–Kier alpha value is 0.819. The summed E-state index contributed by atoms with van der Waals surface area (Å²) in [5, 5.41) is 0. The Bertz CT molecular complexity index is 301. The molecule has 0 heterocycles. The molecule has 2 aliphatic rings. The molecule has 0 unspecified atom stereocenters. The number of rotatable bonds is 3. The van der Waals surface area contributed by atoms with Crippen LogP contribution >= 0.6 is 28.2 Å². The first-order valence-corrected chi connectivity index (χ1v) is 13.6. The van der Waals surface area contributed by atoms with E-state index in [2.05, 4.69) is 42.1 Å². The Kier molecular flexibility index (Phi) is 11.6. The van der Waals surface area contributed by atoms with Gasteiger partial charge in [0.15, 0.2) is 0 Å². The molecule has 0 saturated heterocycles. The first-order valence-electron chi connectivity index (χ1n) is 8.11. The Balaban J connectivity index is 0.000000677. The van der Waals surface area contributed by atoms with Gasteiger partial charge in [-0.1, -0.05) is 38.5 Å². The third-order valence-electron chi connectivity index (χ3n) is 4.43. The molecule has 2 saturated carbocycles. The van der Waals surface area contributed by atoms with Crippen LogP contribution in [0.1, 0.15) is 78.1 Å². The molecule has 0 aromatic carbocycles. The maximum absolute atomic E-state index is 4.89. The van der Waals surface area contributed by atoms with Crippen LogP contribution in [-0.4, -0.2) is 23.5 Å². The van der Waals surface area contributed by atoms with Crippen LogP contribution < -0.4 is 0 Å². The number of halogens is 2. The molecule has 21 heavy (non-hydrogen) atoms. The molecule has 2 aliphatic carbocycles. The quantitative estimate of drug-likeness (QED) is 0.348. The molecule has 2 fully saturated rings. The molecule has 0 radical (unpaired) electrons. The van der Waals surface area contributed by atoms with Crippen molar-refractivity contribution in [3.8, 4) is 0 Å². The van der Waals surface area contributed by atoms with Gasteiger partial charge in [0.05, 0.1) is 23.5 Å². The fourth-order valence-corrected chi connectivity index (χ4v) is 3.15. The van der Waals surface area contributed by atoms with E-state index in [-0.39, 0.29) is 0 Å². The van der Waals surface area contributed by atoms with Crippen molar-refractivity contribution >= 4 is 39.6 Å². The Morgan fingerprint density at radius 1 is 0.714 bits per heavy atom. The number of aliphatic imine (C=N–C) groups is 2. The monoisotopic (exact) mass is 462 g/mol. The van der Waals surface area contributed by atoms with E-state index in [0.717, 1.165) is 11.3 Å². The van der Waals surface area contributed by atoms with Gasteiger partial charge in [-0.15, -0.1) is 0 Å². The molecule has 0 spiro atoms. The topological polar surface area (TPSA) is 24.7 Å². The molecule has 2 rings (SSSR count). The fraction of sp³-hybridized carbons (Fsp3) is 0.875. The van der Waals surface area contributed by atoms with Crippen molar-refractivity contribution in [1.82, 2.24) is 0 Å². The van der Waals surface area contributed by atoms with Crippen molar-refractivity contribution in [2.75, 3.05) is 0 Å². The summed E-state index contributed by atoms with van der Waals surface area (Å²) in [4.78, 5) is 9.77. The van der Waals surface area contributed by atoms with E-state index in [1.54, 1.807) is 0 Å². The van der Waals surface area contributed by atoms with Crippen molar-refractivity contribution in [3.63, 3.8) is 0 Å². The number of hydrogen-bond acceptors (Lipinski definition) is 2. The van der Waals surface area contributed by atoms with Crippen molar-refractivity contribution in [2.45, 2.75) is 90.1 Å². The summed E-state index contributed by atoms with van der Waals surface area (Å²) >= 11 is 7.00. The van der Waals surface area contributed by atoms with Crippen LogP contribution in [0.15, 0.2) is 9.98 Å².